The second-order valence-corrected chi connectivity index (χ2v) is 7.41. The summed E-state index contributed by atoms with van der Waals surface area (Å²) >= 11 is 1.90. The summed E-state index contributed by atoms with van der Waals surface area (Å²) in [6.07, 6.45) is 3.85. The molecule has 0 spiro atoms. The zero-order chi connectivity index (χ0) is 16.1. The highest BCUT2D eigenvalue weighted by atomic mass is 127. The van der Waals surface area contributed by atoms with E-state index in [1.165, 1.54) is 18.4 Å². The molecule has 7 heteroatoms. The third-order valence-electron chi connectivity index (χ3n) is 4.77. The van der Waals surface area contributed by atoms with Gasteiger partial charge in [0.25, 0.3) is 0 Å². The van der Waals surface area contributed by atoms with E-state index in [2.05, 4.69) is 38.9 Å². The standard InChI is InChI=1S/C17H28N4OS.HI/c1-13(21-7-5-16-14(12-21)6-9-23-16)10-19-17(18-2)20-11-15-4-3-8-22-15;/h6,9,13,15H,3-5,7-8,10-12H2,1-2H3,(H2,18,19,20);1H. The minimum absolute atomic E-state index is 0. The van der Waals surface area contributed by atoms with Crippen molar-refractivity contribution < 1.29 is 4.74 Å². The highest BCUT2D eigenvalue weighted by Crippen LogP contribution is 2.24. The number of aliphatic imine (C=N–C) groups is 1. The molecule has 2 atom stereocenters. The van der Waals surface area contributed by atoms with Crippen molar-refractivity contribution in [2.75, 3.05) is 33.3 Å². The normalized spacial score (nSPS) is 22.6. The third kappa shape index (κ3) is 5.31. The van der Waals surface area contributed by atoms with E-state index in [0.29, 0.717) is 12.1 Å². The van der Waals surface area contributed by atoms with Gasteiger partial charge in [-0.15, -0.1) is 35.3 Å². The van der Waals surface area contributed by atoms with Crippen molar-refractivity contribution in [2.24, 2.45) is 4.99 Å². The van der Waals surface area contributed by atoms with Gasteiger partial charge in [-0.05, 0) is 43.2 Å². The van der Waals surface area contributed by atoms with Gasteiger partial charge in [0.05, 0.1) is 6.10 Å². The first-order chi connectivity index (χ1) is 11.3. The molecule has 0 saturated carbocycles. The summed E-state index contributed by atoms with van der Waals surface area (Å²) in [6.45, 7) is 7.16. The van der Waals surface area contributed by atoms with Crippen LogP contribution < -0.4 is 10.6 Å². The zero-order valence-electron chi connectivity index (χ0n) is 14.6. The van der Waals surface area contributed by atoms with Gasteiger partial charge in [-0.2, -0.15) is 0 Å². The van der Waals surface area contributed by atoms with E-state index in [-0.39, 0.29) is 24.0 Å². The molecule has 3 heterocycles. The van der Waals surface area contributed by atoms with Crippen molar-refractivity contribution in [2.45, 2.75) is 44.9 Å². The summed E-state index contributed by atoms with van der Waals surface area (Å²) in [5.74, 6) is 0.876. The van der Waals surface area contributed by atoms with Crippen molar-refractivity contribution in [3.63, 3.8) is 0 Å². The highest BCUT2D eigenvalue weighted by Gasteiger charge is 2.21. The molecular formula is C17H29IN4OS. The first-order valence-electron chi connectivity index (χ1n) is 8.61. The average Bonchev–Trinajstić information content (AvgIpc) is 3.25. The topological polar surface area (TPSA) is 48.9 Å². The summed E-state index contributed by atoms with van der Waals surface area (Å²) in [6, 6.07) is 2.76. The lowest BCUT2D eigenvalue weighted by Crippen LogP contribution is -2.48. The fraction of sp³-hybridized carbons (Fsp3) is 0.706. The number of fused-ring (bicyclic) bond motifs is 1. The Bertz CT molecular complexity index is 530. The Morgan fingerprint density at radius 2 is 2.38 bits per heavy atom. The van der Waals surface area contributed by atoms with Crippen molar-refractivity contribution in [1.82, 2.24) is 15.5 Å². The van der Waals surface area contributed by atoms with Gasteiger partial charge in [-0.3, -0.25) is 9.89 Å². The first kappa shape index (κ1) is 19.9. The molecule has 2 aliphatic heterocycles. The molecule has 0 radical (unpaired) electrons. The van der Waals surface area contributed by atoms with Crippen LogP contribution in [0.2, 0.25) is 0 Å². The maximum atomic E-state index is 5.64. The molecule has 1 aromatic rings. The Kier molecular flexibility index (Phi) is 8.25. The predicted octanol–water partition coefficient (Wildman–Crippen LogP) is 2.46. The van der Waals surface area contributed by atoms with Crippen LogP contribution >= 0.6 is 35.3 Å². The zero-order valence-corrected chi connectivity index (χ0v) is 17.7. The summed E-state index contributed by atoms with van der Waals surface area (Å²) in [5, 5.41) is 9.05. The molecule has 1 fully saturated rings. The Morgan fingerprint density at radius 3 is 3.12 bits per heavy atom. The number of guanidine groups is 1. The molecule has 1 aromatic heterocycles. The van der Waals surface area contributed by atoms with Crippen molar-refractivity contribution in [3.8, 4) is 0 Å². The van der Waals surface area contributed by atoms with Crippen LogP contribution in [0.3, 0.4) is 0 Å². The first-order valence-corrected chi connectivity index (χ1v) is 9.49. The number of nitrogens with one attached hydrogen (secondary N) is 2. The minimum Gasteiger partial charge on any atom is -0.376 e. The number of ether oxygens (including phenoxy) is 1. The van der Waals surface area contributed by atoms with Gasteiger partial charge in [-0.25, -0.2) is 0 Å². The fourth-order valence-corrected chi connectivity index (χ4v) is 4.15. The molecule has 136 valence electrons. The number of nitrogens with zero attached hydrogens (tertiary/aromatic N) is 2. The largest absolute Gasteiger partial charge is 0.376 e. The van der Waals surface area contributed by atoms with Crippen LogP contribution in [0.1, 0.15) is 30.2 Å². The molecule has 2 aliphatic rings. The van der Waals surface area contributed by atoms with E-state index in [1.807, 2.05) is 18.4 Å². The van der Waals surface area contributed by atoms with Gasteiger partial charge in [0.1, 0.15) is 0 Å². The molecule has 2 N–H and O–H groups in total. The molecule has 0 amide bonds. The molecule has 0 bridgehead atoms. The predicted molar refractivity (Wildman–Crippen MR) is 112 cm³/mol. The van der Waals surface area contributed by atoms with Crippen molar-refractivity contribution in [3.05, 3.63) is 21.9 Å². The van der Waals surface area contributed by atoms with E-state index in [9.17, 15) is 0 Å². The smallest absolute Gasteiger partial charge is 0.191 e. The minimum atomic E-state index is 0. The Balaban J connectivity index is 0.00000208. The van der Waals surface area contributed by atoms with Crippen LogP contribution in [0.4, 0.5) is 0 Å². The number of hydrogen-bond acceptors (Lipinski definition) is 4. The van der Waals surface area contributed by atoms with Gasteiger partial charge in [0.2, 0.25) is 0 Å². The van der Waals surface area contributed by atoms with Crippen LogP contribution in [0.25, 0.3) is 0 Å². The summed E-state index contributed by atoms with van der Waals surface area (Å²) < 4.78 is 5.64. The summed E-state index contributed by atoms with van der Waals surface area (Å²) in [4.78, 5) is 8.43. The quantitative estimate of drug-likeness (QED) is 0.400. The average molecular weight is 464 g/mol. The van der Waals surface area contributed by atoms with Gasteiger partial charge < -0.3 is 15.4 Å². The number of halogens is 1. The van der Waals surface area contributed by atoms with Gasteiger partial charge in [-0.1, -0.05) is 0 Å². The monoisotopic (exact) mass is 464 g/mol. The third-order valence-corrected chi connectivity index (χ3v) is 5.79. The number of rotatable bonds is 5. The molecule has 5 nitrogen and oxygen atoms in total. The van der Waals surface area contributed by atoms with Crippen LogP contribution in [0, 0.1) is 0 Å². The number of hydrogen-bond donors (Lipinski definition) is 2. The summed E-state index contributed by atoms with van der Waals surface area (Å²) in [5.41, 5.74) is 1.51. The lowest BCUT2D eigenvalue weighted by Gasteiger charge is -2.32. The molecule has 0 aliphatic carbocycles. The molecular weight excluding hydrogens is 435 g/mol. The Morgan fingerprint density at radius 1 is 1.50 bits per heavy atom. The van der Waals surface area contributed by atoms with Crippen LogP contribution in [-0.2, 0) is 17.7 Å². The van der Waals surface area contributed by atoms with E-state index < -0.39 is 0 Å². The molecule has 1 saturated heterocycles. The van der Waals surface area contributed by atoms with Crippen LogP contribution in [-0.4, -0.2) is 56.3 Å². The Hall–Kier alpha value is -0.380. The van der Waals surface area contributed by atoms with Crippen LogP contribution in [0.5, 0.6) is 0 Å². The maximum Gasteiger partial charge on any atom is 0.191 e. The maximum absolute atomic E-state index is 5.64. The SMILES string of the molecule is CN=C(NCC1CCCO1)NCC(C)N1CCc2sccc2C1.I. The molecule has 3 rings (SSSR count). The van der Waals surface area contributed by atoms with E-state index in [0.717, 1.165) is 45.2 Å². The molecule has 0 aromatic carbocycles. The fourth-order valence-electron chi connectivity index (χ4n) is 3.26. The van der Waals surface area contributed by atoms with E-state index in [4.69, 9.17) is 4.74 Å². The van der Waals surface area contributed by atoms with Gasteiger partial charge in [0, 0.05) is 50.8 Å². The second-order valence-electron chi connectivity index (χ2n) is 6.41. The highest BCUT2D eigenvalue weighted by molar-refractivity contribution is 14.0. The van der Waals surface area contributed by atoms with Gasteiger partial charge >= 0.3 is 0 Å². The van der Waals surface area contributed by atoms with Crippen molar-refractivity contribution in [1.29, 1.82) is 0 Å². The second kappa shape index (κ2) is 9.94. The lowest BCUT2D eigenvalue weighted by molar-refractivity contribution is 0.113. The molecule has 24 heavy (non-hydrogen) atoms. The van der Waals surface area contributed by atoms with E-state index >= 15 is 0 Å². The van der Waals surface area contributed by atoms with Crippen LogP contribution in [0.15, 0.2) is 16.4 Å². The lowest BCUT2D eigenvalue weighted by atomic mass is 10.1. The number of thiophene rings is 1. The van der Waals surface area contributed by atoms with Gasteiger partial charge in [0.15, 0.2) is 5.96 Å². The molecule has 2 unspecified atom stereocenters. The van der Waals surface area contributed by atoms with E-state index in [1.54, 1.807) is 4.88 Å². The summed E-state index contributed by atoms with van der Waals surface area (Å²) in [7, 11) is 1.83. The van der Waals surface area contributed by atoms with Crippen molar-refractivity contribution >= 4 is 41.3 Å². The Labute approximate surface area is 166 Å².